The van der Waals surface area contributed by atoms with Crippen LogP contribution in [0.2, 0.25) is 0 Å². The van der Waals surface area contributed by atoms with Gasteiger partial charge in [0.1, 0.15) is 11.9 Å². The third-order valence-corrected chi connectivity index (χ3v) is 4.10. The summed E-state index contributed by atoms with van der Waals surface area (Å²) in [5.74, 6) is 0.941. The van der Waals surface area contributed by atoms with Crippen LogP contribution in [0, 0.1) is 0 Å². The highest BCUT2D eigenvalue weighted by Crippen LogP contribution is 2.43. The molecule has 1 heterocycles. The number of ether oxygens (including phenoxy) is 1. The summed E-state index contributed by atoms with van der Waals surface area (Å²) < 4.78 is 6.34. The van der Waals surface area contributed by atoms with Crippen molar-refractivity contribution in [2.45, 2.75) is 25.4 Å². The fraction of sp³-hybridized carbons (Fsp3) is 0.222. The normalized spacial score (nSPS) is 20.5. The van der Waals surface area contributed by atoms with Crippen molar-refractivity contribution >= 4 is 5.69 Å². The first-order valence-electron chi connectivity index (χ1n) is 7.21. The number of fused-ring (bicyclic) bond motifs is 1. The van der Waals surface area contributed by atoms with Gasteiger partial charge in [0, 0.05) is 5.70 Å². The first-order valence-corrected chi connectivity index (χ1v) is 7.21. The molecule has 2 aliphatic rings. The number of hydrogen-bond donors (Lipinski definition) is 1. The zero-order valence-electron chi connectivity index (χ0n) is 11.3. The van der Waals surface area contributed by atoms with Crippen molar-refractivity contribution in [3.05, 3.63) is 71.4 Å². The van der Waals surface area contributed by atoms with Crippen molar-refractivity contribution in [3.8, 4) is 5.75 Å². The molecule has 2 heteroatoms. The van der Waals surface area contributed by atoms with E-state index in [9.17, 15) is 0 Å². The highest BCUT2D eigenvalue weighted by Gasteiger charge is 2.29. The molecule has 1 unspecified atom stereocenters. The Morgan fingerprint density at radius 1 is 0.900 bits per heavy atom. The number of rotatable bonds is 1. The van der Waals surface area contributed by atoms with Crippen LogP contribution in [0.5, 0.6) is 5.75 Å². The summed E-state index contributed by atoms with van der Waals surface area (Å²) in [7, 11) is 0. The van der Waals surface area contributed by atoms with Crippen LogP contribution in [-0.2, 0) is 0 Å². The second-order valence-corrected chi connectivity index (χ2v) is 5.39. The molecular formula is C18H17NO. The van der Waals surface area contributed by atoms with Crippen molar-refractivity contribution in [2.75, 3.05) is 5.32 Å². The Hall–Kier alpha value is -2.22. The van der Waals surface area contributed by atoms with Gasteiger partial charge in [-0.1, -0.05) is 42.5 Å². The molecule has 1 N–H and O–H groups in total. The van der Waals surface area contributed by atoms with Gasteiger partial charge < -0.3 is 10.1 Å². The van der Waals surface area contributed by atoms with E-state index >= 15 is 0 Å². The molecule has 2 nitrogen and oxygen atoms in total. The Morgan fingerprint density at radius 2 is 1.70 bits per heavy atom. The summed E-state index contributed by atoms with van der Waals surface area (Å²) in [6, 6.07) is 18.7. The molecule has 0 aromatic heterocycles. The van der Waals surface area contributed by atoms with Gasteiger partial charge in [-0.2, -0.15) is 0 Å². The number of hydrogen-bond acceptors (Lipinski definition) is 2. The first-order chi connectivity index (χ1) is 9.92. The Labute approximate surface area is 119 Å². The van der Waals surface area contributed by atoms with E-state index in [4.69, 9.17) is 4.74 Å². The lowest BCUT2D eigenvalue weighted by atomic mass is 10.0. The van der Waals surface area contributed by atoms with Crippen LogP contribution in [0.4, 0.5) is 5.69 Å². The van der Waals surface area contributed by atoms with Gasteiger partial charge in [0.2, 0.25) is 0 Å². The quantitative estimate of drug-likeness (QED) is 0.807. The zero-order chi connectivity index (χ0) is 13.4. The topological polar surface area (TPSA) is 21.3 Å². The lowest BCUT2D eigenvalue weighted by molar-refractivity contribution is 0.242. The van der Waals surface area contributed by atoms with Gasteiger partial charge >= 0.3 is 0 Å². The SMILES string of the molecule is c1ccc(C2Oc3ccccc3NC3=C2CCC3)cc1. The maximum atomic E-state index is 6.34. The summed E-state index contributed by atoms with van der Waals surface area (Å²) in [6.07, 6.45) is 3.50. The number of para-hydroxylation sites is 2. The smallest absolute Gasteiger partial charge is 0.147 e. The molecule has 0 fully saturated rings. The molecule has 0 saturated carbocycles. The first kappa shape index (κ1) is 11.6. The summed E-state index contributed by atoms with van der Waals surface area (Å²) in [6.45, 7) is 0. The maximum absolute atomic E-state index is 6.34. The monoisotopic (exact) mass is 263 g/mol. The molecule has 0 radical (unpaired) electrons. The molecule has 1 aliphatic carbocycles. The van der Waals surface area contributed by atoms with E-state index in [2.05, 4.69) is 41.7 Å². The van der Waals surface area contributed by atoms with E-state index in [1.54, 1.807) is 0 Å². The molecule has 1 aliphatic heterocycles. The Bertz CT molecular complexity index is 660. The van der Waals surface area contributed by atoms with Gasteiger partial charge in [0.05, 0.1) is 5.69 Å². The van der Waals surface area contributed by atoms with Crippen LogP contribution >= 0.6 is 0 Å². The third-order valence-electron chi connectivity index (χ3n) is 4.10. The van der Waals surface area contributed by atoms with Gasteiger partial charge in [-0.15, -0.1) is 0 Å². The second kappa shape index (κ2) is 4.71. The van der Waals surface area contributed by atoms with E-state index < -0.39 is 0 Å². The van der Waals surface area contributed by atoms with Gasteiger partial charge in [-0.05, 0) is 42.5 Å². The van der Waals surface area contributed by atoms with Crippen LogP contribution in [0.15, 0.2) is 65.9 Å². The number of anilines is 1. The van der Waals surface area contributed by atoms with Crippen molar-refractivity contribution in [1.29, 1.82) is 0 Å². The van der Waals surface area contributed by atoms with Crippen LogP contribution in [0.3, 0.4) is 0 Å². The lowest BCUT2D eigenvalue weighted by Gasteiger charge is -2.20. The maximum Gasteiger partial charge on any atom is 0.147 e. The van der Waals surface area contributed by atoms with Crippen molar-refractivity contribution in [3.63, 3.8) is 0 Å². The molecule has 2 aromatic carbocycles. The predicted octanol–water partition coefficient (Wildman–Crippen LogP) is 4.67. The molecular weight excluding hydrogens is 246 g/mol. The van der Waals surface area contributed by atoms with Crippen molar-refractivity contribution in [2.24, 2.45) is 0 Å². The largest absolute Gasteiger partial charge is 0.479 e. The summed E-state index contributed by atoms with van der Waals surface area (Å²) in [5, 5.41) is 3.58. The van der Waals surface area contributed by atoms with Gasteiger partial charge in [0.15, 0.2) is 0 Å². The molecule has 0 bridgehead atoms. The van der Waals surface area contributed by atoms with Crippen LogP contribution in [0.1, 0.15) is 30.9 Å². The second-order valence-electron chi connectivity index (χ2n) is 5.39. The molecule has 0 amide bonds. The molecule has 0 saturated heterocycles. The van der Waals surface area contributed by atoms with Gasteiger partial charge in [-0.3, -0.25) is 0 Å². The molecule has 100 valence electrons. The molecule has 2 aromatic rings. The van der Waals surface area contributed by atoms with Gasteiger partial charge in [0.25, 0.3) is 0 Å². The molecule has 4 rings (SSSR count). The van der Waals surface area contributed by atoms with E-state index in [0.29, 0.717) is 0 Å². The van der Waals surface area contributed by atoms with Gasteiger partial charge in [-0.25, -0.2) is 0 Å². The summed E-state index contributed by atoms with van der Waals surface area (Å²) in [4.78, 5) is 0. The third kappa shape index (κ3) is 1.88. The molecule has 1 atom stereocenters. The number of benzene rings is 2. The average molecular weight is 263 g/mol. The number of nitrogens with one attached hydrogen (secondary N) is 1. The Morgan fingerprint density at radius 3 is 2.60 bits per heavy atom. The van der Waals surface area contributed by atoms with E-state index in [-0.39, 0.29) is 6.10 Å². The highest BCUT2D eigenvalue weighted by molar-refractivity contribution is 5.62. The van der Waals surface area contributed by atoms with E-state index in [1.807, 2.05) is 18.2 Å². The fourth-order valence-electron chi connectivity index (χ4n) is 3.13. The standard InChI is InChI=1S/C18H17NO/c1-2-7-13(8-3-1)18-14-9-6-11-15(14)19-16-10-4-5-12-17(16)20-18/h1-5,7-8,10,12,18-19H,6,9,11H2. The zero-order valence-corrected chi connectivity index (χ0v) is 11.3. The molecule has 20 heavy (non-hydrogen) atoms. The summed E-state index contributed by atoms with van der Waals surface area (Å²) >= 11 is 0. The fourth-order valence-corrected chi connectivity index (χ4v) is 3.13. The van der Waals surface area contributed by atoms with Crippen molar-refractivity contribution < 1.29 is 4.74 Å². The minimum atomic E-state index is 0.0462. The minimum absolute atomic E-state index is 0.0462. The highest BCUT2D eigenvalue weighted by atomic mass is 16.5. The van der Waals surface area contributed by atoms with Crippen LogP contribution in [-0.4, -0.2) is 0 Å². The van der Waals surface area contributed by atoms with Crippen molar-refractivity contribution in [1.82, 2.24) is 0 Å². The number of allylic oxidation sites excluding steroid dienone is 1. The Balaban J connectivity index is 1.83. The molecule has 0 spiro atoms. The minimum Gasteiger partial charge on any atom is -0.479 e. The summed E-state index contributed by atoms with van der Waals surface area (Å²) in [5.41, 5.74) is 5.08. The lowest BCUT2D eigenvalue weighted by Crippen LogP contribution is -2.09. The Kier molecular flexibility index (Phi) is 2.73. The van der Waals surface area contributed by atoms with E-state index in [1.165, 1.54) is 23.3 Å². The average Bonchev–Trinajstić information content (AvgIpc) is 2.89. The van der Waals surface area contributed by atoms with Crippen LogP contribution < -0.4 is 10.1 Å². The van der Waals surface area contributed by atoms with E-state index in [0.717, 1.165) is 24.3 Å². The predicted molar refractivity (Wildman–Crippen MR) is 80.8 cm³/mol. The van der Waals surface area contributed by atoms with Crippen LogP contribution in [0.25, 0.3) is 0 Å².